The van der Waals surface area contributed by atoms with E-state index in [4.69, 9.17) is 0 Å². The minimum Gasteiger partial charge on any atom is -0.310 e. The van der Waals surface area contributed by atoms with Crippen molar-refractivity contribution in [3.63, 3.8) is 0 Å². The molecule has 0 saturated heterocycles. The first kappa shape index (κ1) is 12.9. The zero-order valence-corrected chi connectivity index (χ0v) is 11.9. The Kier molecular flexibility index (Phi) is 3.52. The molecule has 0 aliphatic heterocycles. The van der Waals surface area contributed by atoms with E-state index in [1.807, 2.05) is 23.0 Å². The summed E-state index contributed by atoms with van der Waals surface area (Å²) in [5.41, 5.74) is 3.52. The van der Waals surface area contributed by atoms with Gasteiger partial charge in [-0.15, -0.1) is 0 Å². The van der Waals surface area contributed by atoms with Gasteiger partial charge in [0, 0.05) is 18.0 Å². The van der Waals surface area contributed by atoms with Gasteiger partial charge in [0.2, 0.25) is 0 Å². The minimum atomic E-state index is 0.490. The first-order valence-electron chi connectivity index (χ1n) is 6.99. The molecule has 0 aliphatic rings. The molecule has 0 unspecified atom stereocenters. The van der Waals surface area contributed by atoms with Crippen LogP contribution in [-0.2, 0) is 6.54 Å². The quantitative estimate of drug-likeness (QED) is 0.782. The molecule has 0 radical (unpaired) electrons. The van der Waals surface area contributed by atoms with Crippen molar-refractivity contribution in [2.24, 2.45) is 0 Å². The summed E-state index contributed by atoms with van der Waals surface area (Å²) >= 11 is 0. The Morgan fingerprint density at radius 3 is 2.80 bits per heavy atom. The maximum atomic E-state index is 4.50. The van der Waals surface area contributed by atoms with Gasteiger partial charge in [-0.1, -0.05) is 44.2 Å². The third kappa shape index (κ3) is 2.58. The van der Waals surface area contributed by atoms with Crippen molar-refractivity contribution in [2.45, 2.75) is 26.4 Å². The molecule has 0 aliphatic carbocycles. The molecule has 20 heavy (non-hydrogen) atoms. The number of aromatic nitrogens is 2. The first-order valence-corrected chi connectivity index (χ1v) is 6.99. The van der Waals surface area contributed by atoms with Crippen molar-refractivity contribution in [3.8, 4) is 5.69 Å². The van der Waals surface area contributed by atoms with E-state index in [0.29, 0.717) is 6.04 Å². The van der Waals surface area contributed by atoms with Crippen LogP contribution < -0.4 is 5.32 Å². The summed E-state index contributed by atoms with van der Waals surface area (Å²) in [6.07, 6.45) is 1.91. The first-order chi connectivity index (χ1) is 9.74. The van der Waals surface area contributed by atoms with Gasteiger partial charge in [-0.25, -0.2) is 4.68 Å². The number of para-hydroxylation sites is 1. The molecule has 0 fully saturated rings. The maximum absolute atomic E-state index is 4.50. The average Bonchev–Trinajstić information content (AvgIpc) is 2.89. The zero-order valence-electron chi connectivity index (χ0n) is 11.9. The molecular formula is C17H19N3. The summed E-state index contributed by atoms with van der Waals surface area (Å²) in [6, 6.07) is 17.3. The lowest BCUT2D eigenvalue weighted by Crippen LogP contribution is -2.21. The smallest absolute Gasteiger partial charge is 0.0741 e. The third-order valence-corrected chi connectivity index (χ3v) is 3.35. The number of hydrogen-bond donors (Lipinski definition) is 1. The number of hydrogen-bond acceptors (Lipinski definition) is 2. The molecule has 3 heteroatoms. The standard InChI is InChI=1S/C17H19N3/c1-13(2)18-11-14-6-5-8-16(10-14)20-17-9-4-3-7-15(17)12-19-20/h3-10,12-13,18H,11H2,1-2H3. The molecule has 102 valence electrons. The second kappa shape index (κ2) is 5.47. The van der Waals surface area contributed by atoms with Gasteiger partial charge >= 0.3 is 0 Å². The Balaban J connectivity index is 1.95. The van der Waals surface area contributed by atoms with E-state index in [0.717, 1.165) is 17.7 Å². The summed E-state index contributed by atoms with van der Waals surface area (Å²) in [5, 5.41) is 9.10. The van der Waals surface area contributed by atoms with E-state index in [1.165, 1.54) is 10.9 Å². The van der Waals surface area contributed by atoms with Crippen LogP contribution in [0.1, 0.15) is 19.4 Å². The van der Waals surface area contributed by atoms with Gasteiger partial charge < -0.3 is 5.32 Å². The topological polar surface area (TPSA) is 29.9 Å². The van der Waals surface area contributed by atoms with Crippen LogP contribution in [-0.4, -0.2) is 15.8 Å². The van der Waals surface area contributed by atoms with Gasteiger partial charge in [0.05, 0.1) is 17.4 Å². The predicted molar refractivity (Wildman–Crippen MR) is 83.0 cm³/mol. The van der Waals surface area contributed by atoms with Gasteiger partial charge in [0.15, 0.2) is 0 Å². The van der Waals surface area contributed by atoms with Crippen LogP contribution in [0.3, 0.4) is 0 Å². The Bertz CT molecular complexity index is 713. The fraction of sp³-hybridized carbons (Fsp3) is 0.235. The van der Waals surface area contributed by atoms with E-state index in [-0.39, 0.29) is 0 Å². The fourth-order valence-electron chi connectivity index (χ4n) is 2.30. The highest BCUT2D eigenvalue weighted by molar-refractivity contribution is 5.80. The van der Waals surface area contributed by atoms with Gasteiger partial charge in [0.25, 0.3) is 0 Å². The number of nitrogens with one attached hydrogen (secondary N) is 1. The SMILES string of the molecule is CC(C)NCc1cccc(-n2ncc3ccccc32)c1. The van der Waals surface area contributed by atoms with Crippen LogP contribution >= 0.6 is 0 Å². The van der Waals surface area contributed by atoms with E-state index >= 15 is 0 Å². The molecule has 3 rings (SSSR count). The van der Waals surface area contributed by atoms with Crippen LogP contribution in [0.15, 0.2) is 54.7 Å². The van der Waals surface area contributed by atoms with Crippen molar-refractivity contribution in [3.05, 3.63) is 60.3 Å². The molecule has 3 aromatic rings. The van der Waals surface area contributed by atoms with Crippen LogP contribution in [0.5, 0.6) is 0 Å². The average molecular weight is 265 g/mol. The van der Waals surface area contributed by atoms with E-state index in [9.17, 15) is 0 Å². The zero-order chi connectivity index (χ0) is 13.9. The fourth-order valence-corrected chi connectivity index (χ4v) is 2.30. The molecule has 0 saturated carbocycles. The lowest BCUT2D eigenvalue weighted by molar-refractivity contribution is 0.588. The Morgan fingerprint density at radius 1 is 1.10 bits per heavy atom. The van der Waals surface area contributed by atoms with Crippen molar-refractivity contribution >= 4 is 10.9 Å². The van der Waals surface area contributed by atoms with Crippen molar-refractivity contribution in [2.75, 3.05) is 0 Å². The number of benzene rings is 2. The molecule has 2 aromatic carbocycles. The number of fused-ring (bicyclic) bond motifs is 1. The maximum Gasteiger partial charge on any atom is 0.0741 e. The second-order valence-electron chi connectivity index (χ2n) is 5.32. The predicted octanol–water partition coefficient (Wildman–Crippen LogP) is 3.52. The van der Waals surface area contributed by atoms with E-state index in [2.05, 4.69) is 60.7 Å². The molecule has 1 N–H and O–H groups in total. The Morgan fingerprint density at radius 2 is 1.95 bits per heavy atom. The molecule has 0 amide bonds. The lowest BCUT2D eigenvalue weighted by Gasteiger charge is -2.10. The van der Waals surface area contributed by atoms with Crippen LogP contribution in [0.4, 0.5) is 0 Å². The lowest BCUT2D eigenvalue weighted by atomic mass is 10.2. The summed E-state index contributed by atoms with van der Waals surface area (Å²) in [7, 11) is 0. The summed E-state index contributed by atoms with van der Waals surface area (Å²) < 4.78 is 1.99. The molecular weight excluding hydrogens is 246 g/mol. The summed E-state index contributed by atoms with van der Waals surface area (Å²) in [5.74, 6) is 0. The molecule has 1 aromatic heterocycles. The summed E-state index contributed by atoms with van der Waals surface area (Å²) in [6.45, 7) is 5.19. The van der Waals surface area contributed by atoms with E-state index in [1.54, 1.807) is 0 Å². The van der Waals surface area contributed by atoms with Gasteiger partial charge in [-0.2, -0.15) is 5.10 Å². The number of nitrogens with zero attached hydrogens (tertiary/aromatic N) is 2. The molecule has 0 atom stereocenters. The Labute approximate surface area is 119 Å². The molecule has 3 nitrogen and oxygen atoms in total. The minimum absolute atomic E-state index is 0.490. The Hall–Kier alpha value is -2.13. The molecule has 0 spiro atoms. The van der Waals surface area contributed by atoms with Gasteiger partial charge in [0.1, 0.15) is 0 Å². The van der Waals surface area contributed by atoms with Crippen molar-refractivity contribution < 1.29 is 0 Å². The van der Waals surface area contributed by atoms with Crippen LogP contribution in [0.2, 0.25) is 0 Å². The molecule has 1 heterocycles. The van der Waals surface area contributed by atoms with Gasteiger partial charge in [-0.3, -0.25) is 0 Å². The number of rotatable bonds is 4. The van der Waals surface area contributed by atoms with Crippen LogP contribution in [0.25, 0.3) is 16.6 Å². The van der Waals surface area contributed by atoms with E-state index < -0.39 is 0 Å². The van der Waals surface area contributed by atoms with Crippen molar-refractivity contribution in [1.82, 2.24) is 15.1 Å². The third-order valence-electron chi connectivity index (χ3n) is 3.35. The monoisotopic (exact) mass is 265 g/mol. The van der Waals surface area contributed by atoms with Crippen LogP contribution in [0, 0.1) is 0 Å². The highest BCUT2D eigenvalue weighted by atomic mass is 15.3. The van der Waals surface area contributed by atoms with Crippen molar-refractivity contribution in [1.29, 1.82) is 0 Å². The highest BCUT2D eigenvalue weighted by Crippen LogP contribution is 2.18. The largest absolute Gasteiger partial charge is 0.310 e. The highest BCUT2D eigenvalue weighted by Gasteiger charge is 2.05. The normalized spacial score (nSPS) is 11.3. The summed E-state index contributed by atoms with van der Waals surface area (Å²) in [4.78, 5) is 0. The second-order valence-corrected chi connectivity index (χ2v) is 5.32. The van der Waals surface area contributed by atoms with Gasteiger partial charge in [-0.05, 0) is 23.8 Å². The molecule has 0 bridgehead atoms.